The van der Waals surface area contributed by atoms with E-state index in [2.05, 4.69) is 13.8 Å². The number of allylic oxidation sites excluding steroid dienone is 3. The lowest BCUT2D eigenvalue weighted by atomic mass is 10.2. The highest BCUT2D eigenvalue weighted by Crippen LogP contribution is 2.21. The van der Waals surface area contributed by atoms with Crippen LogP contribution in [0.2, 0.25) is 0 Å². The third-order valence-electron chi connectivity index (χ3n) is 3.27. The van der Waals surface area contributed by atoms with Crippen molar-refractivity contribution in [3.63, 3.8) is 0 Å². The van der Waals surface area contributed by atoms with Gasteiger partial charge in [-0.15, -0.1) is 0 Å². The van der Waals surface area contributed by atoms with Crippen molar-refractivity contribution in [3.8, 4) is 0 Å². The number of hydrogen-bond donors (Lipinski definition) is 0. The Morgan fingerprint density at radius 3 is 2.24 bits per heavy atom. The summed E-state index contributed by atoms with van der Waals surface area (Å²) < 4.78 is 25.3. The van der Waals surface area contributed by atoms with Crippen LogP contribution in [0.25, 0.3) is 0 Å². The van der Waals surface area contributed by atoms with Gasteiger partial charge < -0.3 is 0 Å². The molecule has 1 aromatic carbocycles. The number of benzene rings is 1. The lowest BCUT2D eigenvalue weighted by Crippen LogP contribution is -2.03. The smallest absolute Gasteiger partial charge is 0.206 e. The maximum absolute atomic E-state index is 12.7. The summed E-state index contributed by atoms with van der Waals surface area (Å²) in [4.78, 5) is 0.797. The molecule has 116 valence electrons. The van der Waals surface area contributed by atoms with E-state index in [0.717, 1.165) is 38.5 Å². The highest BCUT2D eigenvalue weighted by Gasteiger charge is 2.17. The molecule has 0 amide bonds. The van der Waals surface area contributed by atoms with Crippen LogP contribution < -0.4 is 0 Å². The Morgan fingerprint density at radius 1 is 1.00 bits per heavy atom. The lowest BCUT2D eigenvalue weighted by Gasteiger charge is -2.06. The van der Waals surface area contributed by atoms with Gasteiger partial charge in [0.25, 0.3) is 0 Å². The van der Waals surface area contributed by atoms with Crippen LogP contribution in [-0.2, 0) is 9.84 Å². The van der Waals surface area contributed by atoms with Gasteiger partial charge in [-0.2, -0.15) is 0 Å². The van der Waals surface area contributed by atoms with Gasteiger partial charge in [-0.05, 0) is 31.1 Å². The minimum Gasteiger partial charge on any atom is -0.219 e. The molecule has 3 heteroatoms. The van der Waals surface area contributed by atoms with Gasteiger partial charge in [0.15, 0.2) is 0 Å². The van der Waals surface area contributed by atoms with Crippen molar-refractivity contribution in [1.82, 2.24) is 0 Å². The summed E-state index contributed by atoms with van der Waals surface area (Å²) in [6.45, 7) is 4.24. The van der Waals surface area contributed by atoms with E-state index >= 15 is 0 Å². The highest BCUT2D eigenvalue weighted by atomic mass is 32.2. The second-order valence-corrected chi connectivity index (χ2v) is 7.06. The van der Waals surface area contributed by atoms with Gasteiger partial charge in [0.1, 0.15) is 0 Å². The SMILES string of the molecule is CCCC/C=C(/C=C/CCCC)S(=O)(=O)c1ccccc1. The topological polar surface area (TPSA) is 34.1 Å². The van der Waals surface area contributed by atoms with Crippen molar-refractivity contribution in [3.05, 3.63) is 53.5 Å². The molecule has 1 aromatic rings. The summed E-state index contributed by atoms with van der Waals surface area (Å²) in [5.74, 6) is 0. The largest absolute Gasteiger partial charge is 0.219 e. The molecule has 1 rings (SSSR count). The van der Waals surface area contributed by atoms with Crippen LogP contribution in [0.1, 0.15) is 52.4 Å². The standard InChI is InChI=1S/C18H26O2S/c1-3-5-7-10-14-17(13-9-6-4-2)21(19,20)18-15-11-8-12-16-18/h8,10-16H,3-7,9H2,1-2H3/b14-10+,17-13-. The van der Waals surface area contributed by atoms with E-state index in [4.69, 9.17) is 0 Å². The van der Waals surface area contributed by atoms with Crippen molar-refractivity contribution < 1.29 is 8.42 Å². The molecule has 0 heterocycles. The van der Waals surface area contributed by atoms with Gasteiger partial charge in [0, 0.05) is 0 Å². The summed E-state index contributed by atoms with van der Waals surface area (Å²) in [5, 5.41) is 0. The Morgan fingerprint density at radius 2 is 1.62 bits per heavy atom. The Balaban J connectivity index is 2.99. The van der Waals surface area contributed by atoms with E-state index in [-0.39, 0.29) is 0 Å². The van der Waals surface area contributed by atoms with Gasteiger partial charge in [-0.25, -0.2) is 8.42 Å². The molecule has 2 nitrogen and oxygen atoms in total. The maximum atomic E-state index is 12.7. The van der Waals surface area contributed by atoms with Gasteiger partial charge >= 0.3 is 0 Å². The summed E-state index contributed by atoms with van der Waals surface area (Å²) >= 11 is 0. The third-order valence-corrected chi connectivity index (χ3v) is 5.09. The molecule has 21 heavy (non-hydrogen) atoms. The molecule has 0 unspecified atom stereocenters. The summed E-state index contributed by atoms with van der Waals surface area (Å²) in [6, 6.07) is 8.66. The number of hydrogen-bond acceptors (Lipinski definition) is 2. The zero-order chi connectivity index (χ0) is 15.6. The van der Waals surface area contributed by atoms with Crippen LogP contribution in [0.15, 0.2) is 58.4 Å². The molecule has 0 N–H and O–H groups in total. The average Bonchev–Trinajstić information content (AvgIpc) is 2.50. The fourth-order valence-corrected chi connectivity index (χ4v) is 3.37. The van der Waals surface area contributed by atoms with Crippen LogP contribution in [-0.4, -0.2) is 8.42 Å². The molecule has 0 fully saturated rings. The molecule has 0 bridgehead atoms. The monoisotopic (exact) mass is 306 g/mol. The van der Waals surface area contributed by atoms with Crippen LogP contribution >= 0.6 is 0 Å². The van der Waals surface area contributed by atoms with Crippen LogP contribution in [0.4, 0.5) is 0 Å². The predicted molar refractivity (Wildman–Crippen MR) is 89.9 cm³/mol. The fourth-order valence-electron chi connectivity index (χ4n) is 1.97. The average molecular weight is 306 g/mol. The Labute approximate surface area is 129 Å². The van der Waals surface area contributed by atoms with Crippen molar-refractivity contribution in [2.45, 2.75) is 57.3 Å². The molecule has 0 radical (unpaired) electrons. The van der Waals surface area contributed by atoms with E-state index in [0.29, 0.717) is 9.80 Å². The Hall–Kier alpha value is -1.35. The van der Waals surface area contributed by atoms with Crippen LogP contribution in [0.5, 0.6) is 0 Å². The zero-order valence-electron chi connectivity index (χ0n) is 13.1. The van der Waals surface area contributed by atoms with Gasteiger partial charge in [-0.1, -0.05) is 69.9 Å². The Kier molecular flexibility index (Phi) is 8.06. The summed E-state index contributed by atoms with van der Waals surface area (Å²) in [7, 11) is -3.39. The molecule has 0 saturated heterocycles. The maximum Gasteiger partial charge on any atom is 0.206 e. The molecule has 0 aliphatic carbocycles. The minimum atomic E-state index is -3.39. The van der Waals surface area contributed by atoms with Crippen molar-refractivity contribution in [1.29, 1.82) is 0 Å². The van der Waals surface area contributed by atoms with Crippen molar-refractivity contribution >= 4 is 9.84 Å². The number of sulfone groups is 1. The third kappa shape index (κ3) is 5.88. The molecule has 0 aliphatic heterocycles. The van der Waals surface area contributed by atoms with E-state index < -0.39 is 9.84 Å². The highest BCUT2D eigenvalue weighted by molar-refractivity contribution is 7.95. The van der Waals surface area contributed by atoms with E-state index in [1.807, 2.05) is 18.2 Å². The molecule has 0 aromatic heterocycles. The second-order valence-electron chi connectivity index (χ2n) is 5.11. The lowest BCUT2D eigenvalue weighted by molar-refractivity contribution is 0.602. The molecular weight excluding hydrogens is 280 g/mol. The Bertz CT molecular complexity index is 554. The van der Waals surface area contributed by atoms with E-state index in [1.54, 1.807) is 30.3 Å². The first kappa shape index (κ1) is 17.7. The summed E-state index contributed by atoms with van der Waals surface area (Å²) in [5.41, 5.74) is 0. The van der Waals surface area contributed by atoms with Gasteiger partial charge in [0.2, 0.25) is 9.84 Å². The van der Waals surface area contributed by atoms with Crippen LogP contribution in [0, 0.1) is 0 Å². The molecule has 0 spiro atoms. The molecule has 0 aliphatic rings. The van der Waals surface area contributed by atoms with Gasteiger partial charge in [0.05, 0.1) is 9.80 Å². The summed E-state index contributed by atoms with van der Waals surface area (Å²) in [6.07, 6.45) is 11.6. The van der Waals surface area contributed by atoms with E-state index in [1.165, 1.54) is 0 Å². The predicted octanol–water partition coefficient (Wildman–Crippen LogP) is 5.28. The minimum absolute atomic E-state index is 0.368. The normalized spacial score (nSPS) is 13.0. The molecular formula is C18H26O2S. The second kappa shape index (κ2) is 9.56. The van der Waals surface area contributed by atoms with Crippen LogP contribution in [0.3, 0.4) is 0 Å². The number of rotatable bonds is 9. The van der Waals surface area contributed by atoms with Crippen molar-refractivity contribution in [2.75, 3.05) is 0 Å². The zero-order valence-corrected chi connectivity index (χ0v) is 13.9. The molecule has 0 saturated carbocycles. The molecule has 0 atom stereocenters. The quantitative estimate of drug-likeness (QED) is 0.459. The van der Waals surface area contributed by atoms with Crippen molar-refractivity contribution in [2.24, 2.45) is 0 Å². The van der Waals surface area contributed by atoms with Gasteiger partial charge in [-0.3, -0.25) is 0 Å². The first-order valence-electron chi connectivity index (χ1n) is 7.79. The first-order chi connectivity index (χ1) is 10.1. The first-order valence-corrected chi connectivity index (χ1v) is 9.28. The fraction of sp³-hybridized carbons (Fsp3) is 0.444. The van der Waals surface area contributed by atoms with E-state index in [9.17, 15) is 8.42 Å². The number of unbranched alkanes of at least 4 members (excludes halogenated alkanes) is 4.